The predicted octanol–water partition coefficient (Wildman–Crippen LogP) is 2.99. The van der Waals surface area contributed by atoms with Crippen LogP contribution in [0.2, 0.25) is 0 Å². The third kappa shape index (κ3) is 4.57. The van der Waals surface area contributed by atoms with Gasteiger partial charge in [0.05, 0.1) is 17.2 Å². The van der Waals surface area contributed by atoms with Crippen LogP contribution in [0.25, 0.3) is 10.4 Å². The van der Waals surface area contributed by atoms with Gasteiger partial charge in [0.25, 0.3) is 10.0 Å². The molecule has 0 spiro atoms. The van der Waals surface area contributed by atoms with Crippen molar-refractivity contribution in [1.29, 1.82) is 0 Å². The number of nitrogens with one attached hydrogen (secondary N) is 1. The van der Waals surface area contributed by atoms with Gasteiger partial charge in [0, 0.05) is 4.91 Å². The van der Waals surface area contributed by atoms with E-state index in [-0.39, 0.29) is 11.4 Å². The second-order valence-corrected chi connectivity index (χ2v) is 6.38. The Labute approximate surface area is 134 Å². The number of hydrogen-bond acceptors (Lipinski definition) is 4. The van der Waals surface area contributed by atoms with Crippen molar-refractivity contribution < 1.29 is 8.42 Å². The summed E-state index contributed by atoms with van der Waals surface area (Å²) in [5.41, 5.74) is 10.5. The Morgan fingerprint density at radius 1 is 1.13 bits per heavy atom. The Hall–Kier alpha value is -2.83. The van der Waals surface area contributed by atoms with Crippen molar-refractivity contribution >= 4 is 15.7 Å². The van der Waals surface area contributed by atoms with Gasteiger partial charge in [0.2, 0.25) is 0 Å². The number of hydrogen-bond donors (Lipinski definition) is 1. The van der Waals surface area contributed by atoms with E-state index in [1.165, 1.54) is 12.1 Å². The van der Waals surface area contributed by atoms with E-state index in [9.17, 15) is 8.42 Å². The zero-order chi connectivity index (χ0) is 16.7. The van der Waals surface area contributed by atoms with Crippen molar-refractivity contribution in [2.75, 3.05) is 6.54 Å². The summed E-state index contributed by atoms with van der Waals surface area (Å²) in [7, 11) is -3.77. The van der Waals surface area contributed by atoms with E-state index in [1.54, 1.807) is 30.3 Å². The molecule has 7 nitrogen and oxygen atoms in total. The summed E-state index contributed by atoms with van der Waals surface area (Å²) in [6.45, 7) is 1.88. The number of hydrazone groups is 1. The molecule has 0 aliphatic heterocycles. The molecule has 8 heteroatoms. The van der Waals surface area contributed by atoms with E-state index in [4.69, 9.17) is 5.53 Å². The number of rotatable bonds is 6. The summed E-state index contributed by atoms with van der Waals surface area (Å²) in [5, 5.41) is 7.38. The minimum atomic E-state index is -3.77. The van der Waals surface area contributed by atoms with Crippen molar-refractivity contribution in [2.24, 2.45) is 10.2 Å². The van der Waals surface area contributed by atoms with Gasteiger partial charge < -0.3 is 0 Å². The average Bonchev–Trinajstić information content (AvgIpc) is 2.57. The molecule has 23 heavy (non-hydrogen) atoms. The highest BCUT2D eigenvalue weighted by atomic mass is 32.2. The molecule has 0 aliphatic carbocycles. The molecule has 2 aromatic carbocycles. The Morgan fingerprint density at radius 2 is 1.78 bits per heavy atom. The molecule has 0 unspecified atom stereocenters. The van der Waals surface area contributed by atoms with Crippen LogP contribution < -0.4 is 4.83 Å². The summed E-state index contributed by atoms with van der Waals surface area (Å²) >= 11 is 0. The third-order valence-electron chi connectivity index (χ3n) is 3.02. The summed E-state index contributed by atoms with van der Waals surface area (Å²) in [4.78, 5) is 4.97. The zero-order valence-corrected chi connectivity index (χ0v) is 13.2. The largest absolute Gasteiger partial charge is 0.276 e. The molecule has 0 bridgehead atoms. The number of sulfonamides is 1. The van der Waals surface area contributed by atoms with Gasteiger partial charge in [-0.2, -0.15) is 18.4 Å². The molecule has 0 atom stereocenters. The fourth-order valence-electron chi connectivity index (χ4n) is 1.80. The fourth-order valence-corrected chi connectivity index (χ4v) is 2.65. The normalized spacial score (nSPS) is 11.6. The zero-order valence-electron chi connectivity index (χ0n) is 12.4. The molecule has 0 saturated heterocycles. The van der Waals surface area contributed by atoms with Crippen LogP contribution >= 0.6 is 0 Å². The maximum atomic E-state index is 12.2. The molecule has 0 amide bonds. The molecule has 2 rings (SSSR count). The number of azide groups is 1. The first-order chi connectivity index (χ1) is 11.0. The maximum Gasteiger partial charge on any atom is 0.276 e. The SMILES string of the molecule is Cc1ccc(/C(CN=[N+]=[N-])=N/NS(=O)(=O)c2ccccc2)cc1. The highest BCUT2D eigenvalue weighted by Gasteiger charge is 2.12. The fraction of sp³-hybridized carbons (Fsp3) is 0.133. The van der Waals surface area contributed by atoms with E-state index >= 15 is 0 Å². The summed E-state index contributed by atoms with van der Waals surface area (Å²) in [5.74, 6) is 0. The van der Waals surface area contributed by atoms with Gasteiger partial charge in [-0.3, -0.25) is 0 Å². The molecule has 2 aromatic rings. The quantitative estimate of drug-likeness (QED) is 0.289. The van der Waals surface area contributed by atoms with Crippen LogP contribution in [-0.4, -0.2) is 20.7 Å². The predicted molar refractivity (Wildman–Crippen MR) is 88.5 cm³/mol. The van der Waals surface area contributed by atoms with Gasteiger partial charge in [0.15, 0.2) is 0 Å². The third-order valence-corrected chi connectivity index (χ3v) is 4.25. The Bertz CT molecular complexity index is 839. The lowest BCUT2D eigenvalue weighted by Crippen LogP contribution is -2.21. The molecular weight excluding hydrogens is 314 g/mol. The molecule has 0 saturated carbocycles. The van der Waals surface area contributed by atoms with E-state index in [0.717, 1.165) is 5.56 Å². The second-order valence-electron chi connectivity index (χ2n) is 4.72. The second kappa shape index (κ2) is 7.44. The Morgan fingerprint density at radius 3 is 2.39 bits per heavy atom. The van der Waals surface area contributed by atoms with Crippen molar-refractivity contribution in [2.45, 2.75) is 11.8 Å². The van der Waals surface area contributed by atoms with Crippen LogP contribution in [0.1, 0.15) is 11.1 Å². The summed E-state index contributed by atoms with van der Waals surface area (Å²) in [6, 6.07) is 15.2. The molecule has 0 fully saturated rings. The van der Waals surface area contributed by atoms with Crippen molar-refractivity contribution in [3.63, 3.8) is 0 Å². The lowest BCUT2D eigenvalue weighted by atomic mass is 10.1. The Balaban J connectivity index is 2.30. The first kappa shape index (κ1) is 16.5. The standard InChI is InChI=1S/C15H15N5O2S/c1-12-7-9-13(10-8-12)15(11-17-19-16)18-20-23(21,22)14-5-3-2-4-6-14/h2-10,20H,11H2,1H3/b18-15+. The average molecular weight is 329 g/mol. The minimum Gasteiger partial charge on any atom is -0.200 e. The highest BCUT2D eigenvalue weighted by molar-refractivity contribution is 7.89. The van der Waals surface area contributed by atoms with Gasteiger partial charge in [-0.1, -0.05) is 53.1 Å². The van der Waals surface area contributed by atoms with E-state index in [1.807, 2.05) is 19.1 Å². The van der Waals surface area contributed by atoms with Gasteiger partial charge in [-0.05, 0) is 30.2 Å². The first-order valence-corrected chi connectivity index (χ1v) is 8.22. The van der Waals surface area contributed by atoms with Crippen LogP contribution in [0.4, 0.5) is 0 Å². The highest BCUT2D eigenvalue weighted by Crippen LogP contribution is 2.09. The topological polar surface area (TPSA) is 107 Å². The van der Waals surface area contributed by atoms with Crippen LogP contribution in [-0.2, 0) is 10.0 Å². The number of aryl methyl sites for hydroxylation is 1. The van der Waals surface area contributed by atoms with Crippen LogP contribution in [0.15, 0.2) is 69.7 Å². The molecule has 118 valence electrons. The molecule has 1 N–H and O–H groups in total. The molecule has 0 radical (unpaired) electrons. The molecular formula is C15H15N5O2S. The minimum absolute atomic E-state index is 0.0587. The summed E-state index contributed by atoms with van der Waals surface area (Å²) in [6.07, 6.45) is 0. The molecule has 0 aromatic heterocycles. The smallest absolute Gasteiger partial charge is 0.200 e. The van der Waals surface area contributed by atoms with E-state index in [0.29, 0.717) is 11.3 Å². The number of nitrogens with zero attached hydrogens (tertiary/aromatic N) is 4. The first-order valence-electron chi connectivity index (χ1n) is 6.74. The lowest BCUT2D eigenvalue weighted by Gasteiger charge is -2.07. The van der Waals surface area contributed by atoms with Gasteiger partial charge in [-0.15, -0.1) is 0 Å². The van der Waals surface area contributed by atoms with Crippen LogP contribution in [0, 0.1) is 6.92 Å². The van der Waals surface area contributed by atoms with Gasteiger partial charge in [-0.25, -0.2) is 0 Å². The van der Waals surface area contributed by atoms with Crippen molar-refractivity contribution in [1.82, 2.24) is 4.83 Å². The Kier molecular flexibility index (Phi) is 5.35. The van der Waals surface area contributed by atoms with Gasteiger partial charge >= 0.3 is 0 Å². The van der Waals surface area contributed by atoms with Crippen LogP contribution in [0.5, 0.6) is 0 Å². The molecule has 0 heterocycles. The lowest BCUT2D eigenvalue weighted by molar-refractivity contribution is 0.584. The maximum absolute atomic E-state index is 12.2. The monoisotopic (exact) mass is 329 g/mol. The van der Waals surface area contributed by atoms with E-state index in [2.05, 4.69) is 20.0 Å². The van der Waals surface area contributed by atoms with Crippen molar-refractivity contribution in [3.05, 3.63) is 76.2 Å². The van der Waals surface area contributed by atoms with E-state index < -0.39 is 10.0 Å². The summed E-state index contributed by atoms with van der Waals surface area (Å²) < 4.78 is 24.3. The van der Waals surface area contributed by atoms with Crippen molar-refractivity contribution in [3.8, 4) is 0 Å². The molecule has 0 aliphatic rings. The van der Waals surface area contributed by atoms with Crippen LogP contribution in [0.3, 0.4) is 0 Å². The van der Waals surface area contributed by atoms with Gasteiger partial charge in [0.1, 0.15) is 0 Å². The number of benzene rings is 2.